The molecule has 0 amide bonds. The zero-order chi connectivity index (χ0) is 11.9. The van der Waals surface area contributed by atoms with Gasteiger partial charge in [-0.05, 0) is 25.3 Å². The summed E-state index contributed by atoms with van der Waals surface area (Å²) in [5, 5.41) is 9.55. The maximum atomic E-state index is 9.55. The summed E-state index contributed by atoms with van der Waals surface area (Å²) < 4.78 is 5.46. The fraction of sp³-hybridized carbons (Fsp3) is 0.533. The van der Waals surface area contributed by atoms with Crippen molar-refractivity contribution in [3.63, 3.8) is 0 Å². The third-order valence-corrected chi connectivity index (χ3v) is 4.64. The third kappa shape index (κ3) is 1.29. The Morgan fingerprint density at radius 1 is 1.18 bits per heavy atom. The van der Waals surface area contributed by atoms with E-state index in [1.54, 1.807) is 0 Å². The van der Waals surface area contributed by atoms with E-state index in [4.69, 9.17) is 4.74 Å². The molecular formula is C15H17NO. The zero-order valence-electron chi connectivity index (χ0n) is 10.2. The van der Waals surface area contributed by atoms with Gasteiger partial charge in [-0.2, -0.15) is 5.26 Å². The van der Waals surface area contributed by atoms with Gasteiger partial charge in [0, 0.05) is 0 Å². The number of hydrogen-bond donors (Lipinski definition) is 0. The Morgan fingerprint density at radius 3 is 2.18 bits per heavy atom. The first-order chi connectivity index (χ1) is 8.22. The Hall–Kier alpha value is -1.33. The van der Waals surface area contributed by atoms with Crippen molar-refractivity contribution in [3.8, 4) is 6.07 Å². The molecule has 2 aliphatic rings. The van der Waals surface area contributed by atoms with Gasteiger partial charge in [-0.3, -0.25) is 0 Å². The average molecular weight is 227 g/mol. The number of benzene rings is 1. The standard InChI is InChI=1S/C15H17NO/c1-12-3-5-13(6-4-12)15(10-17-11-15)14(9-16)7-2-8-14/h3-6H,2,7-8,10-11H2,1H3. The van der Waals surface area contributed by atoms with E-state index in [1.807, 2.05) is 0 Å². The normalized spacial score (nSPS) is 24.2. The second-order valence-electron chi connectivity index (χ2n) is 5.49. The van der Waals surface area contributed by atoms with Gasteiger partial charge in [0.2, 0.25) is 0 Å². The van der Waals surface area contributed by atoms with Gasteiger partial charge in [-0.1, -0.05) is 36.2 Å². The Labute approximate surface area is 102 Å². The van der Waals surface area contributed by atoms with Crippen LogP contribution < -0.4 is 0 Å². The molecule has 1 heterocycles. The zero-order valence-corrected chi connectivity index (χ0v) is 10.2. The van der Waals surface area contributed by atoms with E-state index in [-0.39, 0.29) is 10.8 Å². The summed E-state index contributed by atoms with van der Waals surface area (Å²) in [4.78, 5) is 0. The third-order valence-electron chi connectivity index (χ3n) is 4.64. The van der Waals surface area contributed by atoms with Crippen LogP contribution in [0.2, 0.25) is 0 Å². The van der Waals surface area contributed by atoms with Gasteiger partial charge < -0.3 is 4.74 Å². The van der Waals surface area contributed by atoms with Crippen LogP contribution in [0.5, 0.6) is 0 Å². The Balaban J connectivity index is 2.03. The highest BCUT2D eigenvalue weighted by Crippen LogP contribution is 2.57. The van der Waals surface area contributed by atoms with Crippen molar-refractivity contribution in [3.05, 3.63) is 35.4 Å². The molecule has 17 heavy (non-hydrogen) atoms. The van der Waals surface area contributed by atoms with Crippen LogP contribution in [-0.4, -0.2) is 13.2 Å². The molecule has 0 atom stereocenters. The fourth-order valence-electron chi connectivity index (χ4n) is 3.13. The summed E-state index contributed by atoms with van der Waals surface area (Å²) >= 11 is 0. The predicted octanol–water partition coefficient (Wildman–Crippen LogP) is 2.96. The maximum Gasteiger partial charge on any atom is 0.0715 e. The van der Waals surface area contributed by atoms with Crippen LogP contribution in [-0.2, 0) is 10.2 Å². The molecule has 1 aromatic rings. The fourth-order valence-corrected chi connectivity index (χ4v) is 3.13. The molecule has 3 rings (SSSR count). The number of rotatable bonds is 2. The van der Waals surface area contributed by atoms with Crippen LogP contribution in [0, 0.1) is 23.7 Å². The number of ether oxygens (including phenoxy) is 1. The van der Waals surface area contributed by atoms with E-state index >= 15 is 0 Å². The molecule has 0 N–H and O–H groups in total. The van der Waals surface area contributed by atoms with E-state index in [1.165, 1.54) is 17.5 Å². The molecule has 1 aliphatic carbocycles. The lowest BCUT2D eigenvalue weighted by atomic mass is 9.50. The van der Waals surface area contributed by atoms with Crippen LogP contribution >= 0.6 is 0 Å². The molecule has 2 heteroatoms. The number of nitrogens with zero attached hydrogens (tertiary/aromatic N) is 1. The van der Waals surface area contributed by atoms with Crippen molar-refractivity contribution in [2.24, 2.45) is 5.41 Å². The second kappa shape index (κ2) is 3.58. The molecule has 1 saturated carbocycles. The second-order valence-corrected chi connectivity index (χ2v) is 5.49. The van der Waals surface area contributed by atoms with Crippen molar-refractivity contribution in [1.29, 1.82) is 5.26 Å². The molecule has 0 aromatic heterocycles. The van der Waals surface area contributed by atoms with Gasteiger partial charge in [-0.15, -0.1) is 0 Å². The Kier molecular flexibility index (Phi) is 2.27. The van der Waals surface area contributed by atoms with Gasteiger partial charge in [0.1, 0.15) is 0 Å². The molecular weight excluding hydrogens is 210 g/mol. The minimum Gasteiger partial charge on any atom is -0.379 e. The molecule has 0 spiro atoms. The highest BCUT2D eigenvalue weighted by atomic mass is 16.5. The quantitative estimate of drug-likeness (QED) is 0.778. The Morgan fingerprint density at radius 2 is 1.82 bits per heavy atom. The van der Waals surface area contributed by atoms with E-state index in [2.05, 4.69) is 37.3 Å². The van der Waals surface area contributed by atoms with E-state index in [9.17, 15) is 5.26 Å². The van der Waals surface area contributed by atoms with Crippen molar-refractivity contribution in [2.75, 3.05) is 13.2 Å². The van der Waals surface area contributed by atoms with Crippen LogP contribution in [0.15, 0.2) is 24.3 Å². The molecule has 0 unspecified atom stereocenters. The predicted molar refractivity (Wildman–Crippen MR) is 65.6 cm³/mol. The number of nitriles is 1. The molecule has 2 fully saturated rings. The van der Waals surface area contributed by atoms with Gasteiger partial charge in [0.25, 0.3) is 0 Å². The maximum absolute atomic E-state index is 9.55. The minimum atomic E-state index is -0.166. The minimum absolute atomic E-state index is 0.0340. The first-order valence-corrected chi connectivity index (χ1v) is 6.29. The van der Waals surface area contributed by atoms with Crippen LogP contribution in [0.4, 0.5) is 0 Å². The summed E-state index contributed by atoms with van der Waals surface area (Å²) in [6.45, 7) is 3.52. The molecule has 0 bridgehead atoms. The topological polar surface area (TPSA) is 33.0 Å². The largest absolute Gasteiger partial charge is 0.379 e. The van der Waals surface area contributed by atoms with Crippen LogP contribution in [0.3, 0.4) is 0 Å². The van der Waals surface area contributed by atoms with E-state index in [0.29, 0.717) is 13.2 Å². The summed E-state index contributed by atoms with van der Waals surface area (Å²) in [6, 6.07) is 11.2. The van der Waals surface area contributed by atoms with Crippen molar-refractivity contribution in [1.82, 2.24) is 0 Å². The van der Waals surface area contributed by atoms with Crippen LogP contribution in [0.1, 0.15) is 30.4 Å². The van der Waals surface area contributed by atoms with Crippen molar-refractivity contribution >= 4 is 0 Å². The lowest BCUT2D eigenvalue weighted by molar-refractivity contribution is -0.134. The molecule has 0 radical (unpaired) electrons. The smallest absolute Gasteiger partial charge is 0.0715 e. The van der Waals surface area contributed by atoms with Crippen molar-refractivity contribution in [2.45, 2.75) is 31.6 Å². The lowest BCUT2D eigenvalue weighted by Gasteiger charge is -2.56. The average Bonchev–Trinajstić information content (AvgIpc) is 2.22. The molecule has 1 aliphatic heterocycles. The number of aryl methyl sites for hydroxylation is 1. The molecule has 1 aromatic carbocycles. The molecule has 88 valence electrons. The number of hydrogen-bond acceptors (Lipinski definition) is 2. The van der Waals surface area contributed by atoms with E-state index in [0.717, 1.165) is 12.8 Å². The molecule has 2 nitrogen and oxygen atoms in total. The highest BCUT2D eigenvalue weighted by Gasteiger charge is 2.60. The van der Waals surface area contributed by atoms with E-state index < -0.39 is 0 Å². The summed E-state index contributed by atoms with van der Waals surface area (Å²) in [5.74, 6) is 0. The lowest BCUT2D eigenvalue weighted by Crippen LogP contribution is -2.61. The van der Waals surface area contributed by atoms with Crippen molar-refractivity contribution < 1.29 is 4.74 Å². The molecule has 1 saturated heterocycles. The first-order valence-electron chi connectivity index (χ1n) is 6.29. The summed E-state index contributed by atoms with van der Waals surface area (Å²) in [7, 11) is 0. The first kappa shape index (κ1) is 10.8. The van der Waals surface area contributed by atoms with Gasteiger partial charge in [-0.25, -0.2) is 0 Å². The van der Waals surface area contributed by atoms with Crippen LogP contribution in [0.25, 0.3) is 0 Å². The van der Waals surface area contributed by atoms with Gasteiger partial charge >= 0.3 is 0 Å². The monoisotopic (exact) mass is 227 g/mol. The SMILES string of the molecule is Cc1ccc(C2(C3(C#N)CCC3)COC2)cc1. The van der Waals surface area contributed by atoms with Gasteiger partial charge in [0.05, 0.1) is 30.1 Å². The van der Waals surface area contributed by atoms with Gasteiger partial charge in [0.15, 0.2) is 0 Å². The Bertz CT molecular complexity index is 461. The summed E-state index contributed by atoms with van der Waals surface area (Å²) in [6.07, 6.45) is 3.24. The highest BCUT2D eigenvalue weighted by molar-refractivity contribution is 5.38. The summed E-state index contributed by atoms with van der Waals surface area (Å²) in [5.41, 5.74) is 2.35.